The average Bonchev–Trinajstić information content (AvgIpc) is 2.87. The van der Waals surface area contributed by atoms with E-state index in [1.807, 2.05) is 0 Å². The first-order valence-corrected chi connectivity index (χ1v) is 11.1. The van der Waals surface area contributed by atoms with Gasteiger partial charge >= 0.3 is 6.18 Å². The Hall–Kier alpha value is -2.74. The molecule has 3 rings (SSSR count). The number of aliphatic hydroxyl groups is 1. The van der Waals surface area contributed by atoms with Crippen LogP contribution in [0.1, 0.15) is 24.4 Å². The molecule has 8 nitrogen and oxygen atoms in total. The van der Waals surface area contributed by atoms with Crippen LogP contribution in [0.15, 0.2) is 42.6 Å². The molecule has 0 fully saturated rings. The smallest absolute Gasteiger partial charge is 0.389 e. The maximum Gasteiger partial charge on any atom is 0.389 e. The van der Waals surface area contributed by atoms with Gasteiger partial charge in [0.2, 0.25) is 5.91 Å². The first-order chi connectivity index (χ1) is 15.6. The van der Waals surface area contributed by atoms with Crippen LogP contribution in [0, 0.1) is 0 Å². The second-order valence-electron chi connectivity index (χ2n) is 7.16. The van der Waals surface area contributed by atoms with Crippen LogP contribution < -0.4 is 15.5 Å². The predicted octanol–water partition coefficient (Wildman–Crippen LogP) is 2.46. The van der Waals surface area contributed by atoms with Gasteiger partial charge in [0, 0.05) is 18.2 Å². The lowest BCUT2D eigenvalue weighted by Gasteiger charge is -2.26. The van der Waals surface area contributed by atoms with Gasteiger partial charge in [-0.15, -0.1) is 0 Å². The summed E-state index contributed by atoms with van der Waals surface area (Å²) in [5, 5.41) is 14.3. The van der Waals surface area contributed by atoms with Crippen LogP contribution in [-0.4, -0.2) is 51.2 Å². The number of hydrogen-bond acceptors (Lipinski definition) is 5. The molecule has 1 aliphatic rings. The van der Waals surface area contributed by atoms with Gasteiger partial charge in [-0.1, -0.05) is 24.3 Å². The lowest BCUT2D eigenvalue weighted by atomic mass is 9.96. The number of halogens is 4. The van der Waals surface area contributed by atoms with E-state index in [0.29, 0.717) is 22.5 Å². The van der Waals surface area contributed by atoms with Crippen molar-refractivity contribution in [2.75, 3.05) is 18.1 Å². The molecule has 0 aliphatic carbocycles. The summed E-state index contributed by atoms with van der Waals surface area (Å²) in [4.78, 5) is 43.5. The quantitative estimate of drug-likeness (QED) is 0.267. The van der Waals surface area contributed by atoms with Gasteiger partial charge in [-0.25, -0.2) is 4.98 Å². The van der Waals surface area contributed by atoms with Crippen molar-refractivity contribution in [1.29, 1.82) is 0 Å². The van der Waals surface area contributed by atoms with Gasteiger partial charge in [-0.05, 0) is 45.9 Å². The SMILES string of the molecule is O=C(CCC(F)(F)F)NC(I)C(=O)N[C@@H]1C(=O)N(CCO)c2ncccc2-c2ccccc21. The van der Waals surface area contributed by atoms with Gasteiger partial charge in [0.15, 0.2) is 4.05 Å². The molecule has 0 saturated heterocycles. The van der Waals surface area contributed by atoms with Crippen LogP contribution in [0.4, 0.5) is 19.0 Å². The zero-order valence-electron chi connectivity index (χ0n) is 17.1. The molecular formula is C21H20F3IN4O4. The largest absolute Gasteiger partial charge is 0.395 e. The molecule has 1 aromatic heterocycles. The molecule has 0 saturated carbocycles. The number of nitrogens with zero attached hydrogens (tertiary/aromatic N) is 2. The van der Waals surface area contributed by atoms with Crippen molar-refractivity contribution in [2.24, 2.45) is 0 Å². The first-order valence-electron chi connectivity index (χ1n) is 9.89. The van der Waals surface area contributed by atoms with Gasteiger partial charge in [0.25, 0.3) is 11.8 Å². The normalized spacial score (nSPS) is 16.3. The Morgan fingerprint density at radius 3 is 2.58 bits per heavy atom. The van der Waals surface area contributed by atoms with Crippen LogP contribution in [0.2, 0.25) is 0 Å². The second kappa shape index (κ2) is 10.5. The first kappa shape index (κ1) is 24.9. The van der Waals surface area contributed by atoms with E-state index in [9.17, 15) is 32.7 Å². The van der Waals surface area contributed by atoms with Crippen LogP contribution in [0.25, 0.3) is 11.1 Å². The number of carbonyl (C=O) groups excluding carboxylic acids is 3. The minimum Gasteiger partial charge on any atom is -0.395 e. The van der Waals surface area contributed by atoms with E-state index in [1.54, 1.807) is 59.0 Å². The number of anilines is 1. The molecule has 12 heteroatoms. The van der Waals surface area contributed by atoms with Gasteiger partial charge in [0.05, 0.1) is 19.6 Å². The minimum atomic E-state index is -4.49. The summed E-state index contributed by atoms with van der Waals surface area (Å²) in [6.07, 6.45) is -5.10. The molecule has 176 valence electrons. The van der Waals surface area contributed by atoms with Crippen molar-refractivity contribution in [3.63, 3.8) is 0 Å². The van der Waals surface area contributed by atoms with Crippen LogP contribution >= 0.6 is 22.6 Å². The third kappa shape index (κ3) is 5.99. The number of hydrogen-bond donors (Lipinski definition) is 3. The van der Waals surface area contributed by atoms with E-state index in [0.717, 1.165) is 0 Å². The van der Waals surface area contributed by atoms with Crippen molar-refractivity contribution in [3.05, 3.63) is 48.2 Å². The second-order valence-corrected chi connectivity index (χ2v) is 8.41. The van der Waals surface area contributed by atoms with Gasteiger partial charge in [-0.3, -0.25) is 19.3 Å². The van der Waals surface area contributed by atoms with Crippen molar-refractivity contribution < 1.29 is 32.7 Å². The zero-order chi connectivity index (χ0) is 24.2. The highest BCUT2D eigenvalue weighted by Gasteiger charge is 2.36. The number of benzene rings is 1. The van der Waals surface area contributed by atoms with E-state index >= 15 is 0 Å². The molecule has 0 radical (unpaired) electrons. The molecule has 33 heavy (non-hydrogen) atoms. The number of amides is 3. The fraction of sp³-hybridized carbons (Fsp3) is 0.333. The number of pyridine rings is 1. The molecular weight excluding hydrogens is 556 g/mol. The number of carbonyl (C=O) groups is 3. The Balaban J connectivity index is 1.85. The van der Waals surface area contributed by atoms with Crippen LogP contribution in [0.3, 0.4) is 0 Å². The molecule has 2 aromatic rings. The number of aromatic nitrogens is 1. The molecule has 1 aromatic carbocycles. The molecule has 3 amide bonds. The molecule has 0 bridgehead atoms. The highest BCUT2D eigenvalue weighted by Crippen LogP contribution is 2.38. The van der Waals surface area contributed by atoms with Crippen molar-refractivity contribution >= 4 is 46.1 Å². The van der Waals surface area contributed by atoms with E-state index in [2.05, 4.69) is 15.6 Å². The van der Waals surface area contributed by atoms with Crippen LogP contribution in [-0.2, 0) is 14.4 Å². The summed E-state index contributed by atoms with van der Waals surface area (Å²) in [6.45, 7) is -0.409. The highest BCUT2D eigenvalue weighted by atomic mass is 127. The van der Waals surface area contributed by atoms with Crippen LogP contribution in [0.5, 0.6) is 0 Å². The Morgan fingerprint density at radius 1 is 1.18 bits per heavy atom. The topological polar surface area (TPSA) is 112 Å². The monoisotopic (exact) mass is 576 g/mol. The Morgan fingerprint density at radius 2 is 1.88 bits per heavy atom. The van der Waals surface area contributed by atoms with E-state index in [1.165, 1.54) is 11.1 Å². The van der Waals surface area contributed by atoms with Crippen molar-refractivity contribution in [3.8, 4) is 11.1 Å². The highest BCUT2D eigenvalue weighted by molar-refractivity contribution is 14.1. The lowest BCUT2D eigenvalue weighted by molar-refractivity contribution is -0.144. The lowest BCUT2D eigenvalue weighted by Crippen LogP contribution is -2.49. The van der Waals surface area contributed by atoms with E-state index in [4.69, 9.17) is 0 Å². The average molecular weight is 576 g/mol. The summed E-state index contributed by atoms with van der Waals surface area (Å²) in [5.74, 6) is -1.92. The van der Waals surface area contributed by atoms with Crippen molar-refractivity contribution in [2.45, 2.75) is 29.1 Å². The third-order valence-electron chi connectivity index (χ3n) is 4.88. The van der Waals surface area contributed by atoms with Crippen molar-refractivity contribution in [1.82, 2.24) is 15.6 Å². The Kier molecular flexibility index (Phi) is 7.89. The van der Waals surface area contributed by atoms with E-state index < -0.39 is 46.8 Å². The maximum atomic E-state index is 13.4. The summed E-state index contributed by atoms with van der Waals surface area (Å²) >= 11 is 1.58. The fourth-order valence-corrected chi connectivity index (χ4v) is 3.94. The number of alkyl halides is 4. The summed E-state index contributed by atoms with van der Waals surface area (Å²) < 4.78 is 35.8. The number of β-amino-alcohol motifs (C(OH)–C–C–N with tert-alkyl or cyclic N) is 1. The Bertz CT molecular complexity index is 1050. The molecule has 3 N–H and O–H groups in total. The summed E-state index contributed by atoms with van der Waals surface area (Å²) in [6, 6.07) is 9.20. The van der Waals surface area contributed by atoms with Gasteiger partial charge < -0.3 is 15.7 Å². The van der Waals surface area contributed by atoms with Gasteiger partial charge in [0.1, 0.15) is 11.9 Å². The Labute approximate surface area is 200 Å². The summed E-state index contributed by atoms with van der Waals surface area (Å²) in [7, 11) is 0. The molecule has 1 unspecified atom stereocenters. The zero-order valence-corrected chi connectivity index (χ0v) is 19.3. The standard InChI is InChI=1S/C21H20F3IN4O4/c22-21(23,24)8-7-15(31)27-17(25)19(32)28-16-13-5-2-1-4-12(13)14-6-3-9-26-18(14)29(10-11-30)20(16)33/h1-6,9,16-17,30H,7-8,10-11H2,(H,27,31)(H,28,32)/t16-,17?/m0/s1. The summed E-state index contributed by atoms with van der Waals surface area (Å²) in [5.41, 5.74) is 1.77. The fourth-order valence-electron chi connectivity index (χ4n) is 3.41. The number of nitrogens with one attached hydrogen (secondary N) is 2. The molecule has 2 heterocycles. The predicted molar refractivity (Wildman–Crippen MR) is 121 cm³/mol. The molecule has 0 spiro atoms. The number of aliphatic hydroxyl groups excluding tert-OH is 1. The third-order valence-corrected chi connectivity index (χ3v) is 5.76. The van der Waals surface area contributed by atoms with E-state index in [-0.39, 0.29) is 13.2 Å². The molecule has 2 atom stereocenters. The molecule has 1 aliphatic heterocycles. The number of rotatable bonds is 7. The van der Waals surface area contributed by atoms with Gasteiger partial charge in [-0.2, -0.15) is 13.2 Å². The minimum absolute atomic E-state index is 0.0644. The maximum absolute atomic E-state index is 13.4. The number of fused-ring (bicyclic) bond motifs is 3.